The molecule has 0 saturated heterocycles. The van der Waals surface area contributed by atoms with Crippen molar-refractivity contribution in [1.82, 2.24) is 10.1 Å². The number of nitrogens with one attached hydrogen (secondary N) is 2. The fourth-order valence-electron chi connectivity index (χ4n) is 4.08. The van der Waals surface area contributed by atoms with E-state index >= 15 is 0 Å². The van der Waals surface area contributed by atoms with Gasteiger partial charge in [0.05, 0.1) is 23.8 Å². The summed E-state index contributed by atoms with van der Waals surface area (Å²) in [5.41, 5.74) is 5.36. The minimum absolute atomic E-state index is 0.112. The van der Waals surface area contributed by atoms with Crippen LogP contribution < -0.4 is 19.6 Å². The zero-order valence-corrected chi connectivity index (χ0v) is 24.1. The van der Waals surface area contributed by atoms with Gasteiger partial charge in [0.25, 0.3) is 0 Å². The fourth-order valence-corrected chi connectivity index (χ4v) is 5.30. The molecule has 0 aliphatic heterocycles. The summed E-state index contributed by atoms with van der Waals surface area (Å²) in [6, 6.07) is 25.9. The third kappa shape index (κ3) is 8.73. The number of hydrazone groups is 1. The minimum atomic E-state index is -3.89. The van der Waals surface area contributed by atoms with E-state index in [-0.39, 0.29) is 23.7 Å². The van der Waals surface area contributed by atoms with Crippen molar-refractivity contribution in [3.8, 4) is 11.5 Å². The van der Waals surface area contributed by atoms with E-state index in [0.29, 0.717) is 34.8 Å². The molecule has 218 valence electrons. The van der Waals surface area contributed by atoms with E-state index in [9.17, 15) is 17.6 Å². The molecule has 4 rings (SSSR count). The van der Waals surface area contributed by atoms with E-state index in [1.807, 2.05) is 19.9 Å². The van der Waals surface area contributed by atoms with Gasteiger partial charge in [0.2, 0.25) is 15.9 Å². The molecule has 4 aromatic rings. The van der Waals surface area contributed by atoms with Crippen molar-refractivity contribution in [2.75, 3.05) is 6.61 Å². The summed E-state index contributed by atoms with van der Waals surface area (Å²) in [5.74, 6) is 0.132. The number of sulfonamides is 1. The summed E-state index contributed by atoms with van der Waals surface area (Å²) < 4.78 is 53.8. The Labute approximate surface area is 245 Å². The molecule has 8 nitrogen and oxygen atoms in total. The molecule has 0 spiro atoms. The summed E-state index contributed by atoms with van der Waals surface area (Å²) in [7, 11) is -3.89. The van der Waals surface area contributed by atoms with Crippen molar-refractivity contribution < 1.29 is 27.1 Å². The number of aryl methyl sites for hydroxylation is 1. The molecule has 1 amide bonds. The molecule has 0 aliphatic rings. The smallest absolute Gasteiger partial charge is 0.242 e. The lowest BCUT2D eigenvalue weighted by Gasteiger charge is -2.18. The second kappa shape index (κ2) is 14.4. The van der Waals surface area contributed by atoms with Crippen LogP contribution in [0.3, 0.4) is 0 Å². The average Bonchev–Trinajstić information content (AvgIpc) is 2.97. The lowest BCUT2D eigenvalue weighted by atomic mass is 10.0. The van der Waals surface area contributed by atoms with Crippen molar-refractivity contribution in [1.29, 1.82) is 0 Å². The lowest BCUT2D eigenvalue weighted by Crippen LogP contribution is -2.32. The van der Waals surface area contributed by atoms with Gasteiger partial charge in [0.1, 0.15) is 12.4 Å². The molecule has 10 heteroatoms. The minimum Gasteiger partial charge on any atom is -0.490 e. The molecule has 2 N–H and O–H groups in total. The van der Waals surface area contributed by atoms with Gasteiger partial charge in [-0.25, -0.2) is 23.0 Å². The monoisotopic (exact) mass is 589 g/mol. The van der Waals surface area contributed by atoms with Crippen LogP contribution >= 0.6 is 0 Å². The van der Waals surface area contributed by atoms with Gasteiger partial charge in [-0.2, -0.15) is 5.10 Å². The van der Waals surface area contributed by atoms with Crippen molar-refractivity contribution in [3.63, 3.8) is 0 Å². The first-order valence-corrected chi connectivity index (χ1v) is 14.8. The standard InChI is InChI=1S/C32H32FN3O5S/c1-3-40-31-19-24(14-17-30(31)41-22-25-8-7-11-27(33)18-25)21-34-35-32(37)20-29(26-9-5-4-6-10-26)36-42(38,39)28-15-12-23(2)13-16-28/h4-19,21,29,36H,3,20,22H2,1-2H3,(H,35,37)/b34-21-/t29-/m1/s1. The van der Waals surface area contributed by atoms with Crippen LogP contribution in [0.1, 0.15) is 41.6 Å². The Morgan fingerprint density at radius 2 is 1.69 bits per heavy atom. The van der Waals surface area contributed by atoms with Crippen LogP contribution in [0.2, 0.25) is 0 Å². The summed E-state index contributed by atoms with van der Waals surface area (Å²) in [6.45, 7) is 4.27. The van der Waals surface area contributed by atoms with E-state index < -0.39 is 22.0 Å². The van der Waals surface area contributed by atoms with Gasteiger partial charge < -0.3 is 9.47 Å². The molecule has 0 heterocycles. The van der Waals surface area contributed by atoms with Crippen molar-refractivity contribution in [2.45, 2.75) is 37.8 Å². The van der Waals surface area contributed by atoms with E-state index in [1.165, 1.54) is 30.5 Å². The molecule has 0 unspecified atom stereocenters. The van der Waals surface area contributed by atoms with E-state index in [0.717, 1.165) is 5.56 Å². The first-order valence-electron chi connectivity index (χ1n) is 13.3. The molecule has 0 fully saturated rings. The van der Waals surface area contributed by atoms with Gasteiger partial charge in [0, 0.05) is 6.42 Å². The normalized spacial score (nSPS) is 12.2. The van der Waals surface area contributed by atoms with Gasteiger partial charge in [0.15, 0.2) is 11.5 Å². The van der Waals surface area contributed by atoms with Crippen LogP contribution in [0, 0.1) is 12.7 Å². The molecule has 0 bridgehead atoms. The molecular weight excluding hydrogens is 557 g/mol. The Hall–Kier alpha value is -4.54. The van der Waals surface area contributed by atoms with E-state index in [2.05, 4.69) is 15.2 Å². The van der Waals surface area contributed by atoms with Gasteiger partial charge in [-0.1, -0.05) is 60.2 Å². The van der Waals surface area contributed by atoms with Crippen LogP contribution in [0.15, 0.2) is 107 Å². The molecular formula is C32H32FN3O5S. The van der Waals surface area contributed by atoms with Crippen LogP contribution in [0.5, 0.6) is 11.5 Å². The highest BCUT2D eigenvalue weighted by atomic mass is 32.2. The Morgan fingerprint density at radius 1 is 0.929 bits per heavy atom. The van der Waals surface area contributed by atoms with E-state index in [1.54, 1.807) is 66.7 Å². The lowest BCUT2D eigenvalue weighted by molar-refractivity contribution is -0.121. The Kier molecular flexibility index (Phi) is 10.4. The fraction of sp³-hybridized carbons (Fsp3) is 0.188. The molecule has 0 radical (unpaired) electrons. The molecule has 0 aliphatic carbocycles. The highest BCUT2D eigenvalue weighted by Gasteiger charge is 2.23. The number of ether oxygens (including phenoxy) is 2. The number of carbonyl (C=O) groups is 1. The van der Waals surface area contributed by atoms with E-state index in [4.69, 9.17) is 9.47 Å². The maximum atomic E-state index is 13.5. The molecule has 4 aromatic carbocycles. The molecule has 42 heavy (non-hydrogen) atoms. The van der Waals surface area contributed by atoms with Crippen molar-refractivity contribution in [2.24, 2.45) is 5.10 Å². The maximum absolute atomic E-state index is 13.5. The number of benzene rings is 4. The predicted octanol–water partition coefficient (Wildman–Crippen LogP) is 5.67. The van der Waals surface area contributed by atoms with Gasteiger partial charge in [-0.05, 0) is 73.0 Å². The van der Waals surface area contributed by atoms with Crippen LogP contribution in [-0.4, -0.2) is 27.1 Å². The van der Waals surface area contributed by atoms with Crippen LogP contribution in [0.4, 0.5) is 4.39 Å². The van der Waals surface area contributed by atoms with Gasteiger partial charge in [-0.15, -0.1) is 0 Å². The third-order valence-electron chi connectivity index (χ3n) is 6.17. The largest absolute Gasteiger partial charge is 0.490 e. The van der Waals surface area contributed by atoms with Gasteiger partial charge in [-0.3, -0.25) is 4.79 Å². The van der Waals surface area contributed by atoms with Crippen LogP contribution in [-0.2, 0) is 21.4 Å². The number of amides is 1. The quantitative estimate of drug-likeness (QED) is 0.154. The number of hydrogen-bond acceptors (Lipinski definition) is 6. The predicted molar refractivity (Wildman–Crippen MR) is 159 cm³/mol. The first kappa shape index (κ1) is 30.4. The number of hydrogen-bond donors (Lipinski definition) is 2. The third-order valence-corrected chi connectivity index (χ3v) is 7.66. The molecule has 0 saturated carbocycles. The van der Waals surface area contributed by atoms with Crippen molar-refractivity contribution >= 4 is 22.1 Å². The highest BCUT2D eigenvalue weighted by Crippen LogP contribution is 2.29. The second-order valence-electron chi connectivity index (χ2n) is 9.45. The summed E-state index contributed by atoms with van der Waals surface area (Å²) in [4.78, 5) is 12.9. The Morgan fingerprint density at radius 3 is 2.40 bits per heavy atom. The number of carbonyl (C=O) groups excluding carboxylic acids is 1. The zero-order chi connectivity index (χ0) is 30.0. The summed E-state index contributed by atoms with van der Waals surface area (Å²) in [5, 5.41) is 4.05. The average molecular weight is 590 g/mol. The van der Waals surface area contributed by atoms with Gasteiger partial charge >= 0.3 is 0 Å². The summed E-state index contributed by atoms with van der Waals surface area (Å²) in [6.07, 6.45) is 1.27. The molecule has 0 aromatic heterocycles. The zero-order valence-electron chi connectivity index (χ0n) is 23.3. The maximum Gasteiger partial charge on any atom is 0.242 e. The number of nitrogens with zero attached hydrogens (tertiary/aromatic N) is 1. The molecule has 1 atom stereocenters. The SMILES string of the molecule is CCOc1cc(/C=N\NC(=O)C[C@@H](NS(=O)(=O)c2ccc(C)cc2)c2ccccc2)ccc1OCc1cccc(F)c1. The summed E-state index contributed by atoms with van der Waals surface area (Å²) >= 11 is 0. The Balaban J connectivity index is 1.41. The topological polar surface area (TPSA) is 106 Å². The number of halogens is 1. The van der Waals surface area contributed by atoms with Crippen LogP contribution in [0.25, 0.3) is 0 Å². The second-order valence-corrected chi connectivity index (χ2v) is 11.2. The Bertz CT molecular complexity index is 1630. The first-order chi connectivity index (χ1) is 20.2. The van der Waals surface area contributed by atoms with Crippen molar-refractivity contribution in [3.05, 3.63) is 125 Å². The highest BCUT2D eigenvalue weighted by molar-refractivity contribution is 7.89. The number of rotatable bonds is 13.